The van der Waals surface area contributed by atoms with Crippen LogP contribution in [0, 0.1) is 11.8 Å². The number of piperidine rings is 1. The van der Waals surface area contributed by atoms with Crippen LogP contribution in [0.4, 0.5) is 0 Å². The van der Waals surface area contributed by atoms with Crippen LogP contribution in [0.5, 0.6) is 0 Å². The molecule has 0 N–H and O–H groups in total. The van der Waals surface area contributed by atoms with Crippen LogP contribution in [0.25, 0.3) is 0 Å². The Bertz CT molecular complexity index is 634. The fourth-order valence-corrected chi connectivity index (χ4v) is 5.84. The predicted molar refractivity (Wildman–Crippen MR) is 88.7 cm³/mol. The molecule has 1 aromatic rings. The zero-order valence-electron chi connectivity index (χ0n) is 13.7. The fourth-order valence-electron chi connectivity index (χ4n) is 4.05. The Balaban J connectivity index is 1.84. The molecular formula is C17H26N2O2S. The van der Waals surface area contributed by atoms with Crippen molar-refractivity contribution < 1.29 is 8.42 Å². The van der Waals surface area contributed by atoms with Gasteiger partial charge in [-0.05, 0) is 42.2 Å². The highest BCUT2D eigenvalue weighted by Gasteiger charge is 2.38. The number of nitrogens with zero attached hydrogens (tertiary/aromatic N) is 2. The molecule has 0 saturated carbocycles. The summed E-state index contributed by atoms with van der Waals surface area (Å²) in [5, 5.41) is 0. The Morgan fingerprint density at radius 3 is 2.45 bits per heavy atom. The van der Waals surface area contributed by atoms with Gasteiger partial charge in [-0.2, -0.15) is 17.0 Å². The third-order valence-corrected chi connectivity index (χ3v) is 7.00. The van der Waals surface area contributed by atoms with Crippen LogP contribution in [-0.2, 0) is 16.6 Å². The second kappa shape index (κ2) is 5.95. The largest absolute Gasteiger partial charge is 0.282 e. The summed E-state index contributed by atoms with van der Waals surface area (Å²) in [5.41, 5.74) is 2.46. The van der Waals surface area contributed by atoms with E-state index in [-0.39, 0.29) is 6.04 Å². The molecule has 4 nitrogen and oxygen atoms in total. The quantitative estimate of drug-likeness (QED) is 0.858. The number of hydrogen-bond donors (Lipinski definition) is 0. The van der Waals surface area contributed by atoms with Crippen molar-refractivity contribution in [3.05, 3.63) is 35.4 Å². The van der Waals surface area contributed by atoms with Crippen molar-refractivity contribution in [3.63, 3.8) is 0 Å². The third kappa shape index (κ3) is 2.82. The van der Waals surface area contributed by atoms with Gasteiger partial charge in [0.25, 0.3) is 10.2 Å². The summed E-state index contributed by atoms with van der Waals surface area (Å²) in [6.45, 7) is 5.57. The zero-order valence-corrected chi connectivity index (χ0v) is 14.5. The molecule has 1 aliphatic heterocycles. The van der Waals surface area contributed by atoms with Crippen molar-refractivity contribution in [3.8, 4) is 0 Å². The van der Waals surface area contributed by atoms with E-state index in [4.69, 9.17) is 0 Å². The molecule has 5 heteroatoms. The van der Waals surface area contributed by atoms with Crippen molar-refractivity contribution in [2.45, 2.75) is 39.2 Å². The highest BCUT2D eigenvalue weighted by molar-refractivity contribution is 7.86. The summed E-state index contributed by atoms with van der Waals surface area (Å²) >= 11 is 0. The monoisotopic (exact) mass is 322 g/mol. The summed E-state index contributed by atoms with van der Waals surface area (Å²) in [4.78, 5) is 0. The SMILES string of the molecule is CC1CC(C)CN(S(=O)(=O)N(C)C2CCc3ccccc32)C1. The number of aryl methyl sites for hydroxylation is 1. The van der Waals surface area contributed by atoms with Gasteiger partial charge in [-0.3, -0.25) is 0 Å². The topological polar surface area (TPSA) is 40.6 Å². The lowest BCUT2D eigenvalue weighted by Gasteiger charge is -2.37. The maximum absolute atomic E-state index is 13.0. The average Bonchev–Trinajstić information content (AvgIpc) is 2.89. The Labute approximate surface area is 134 Å². The molecule has 0 radical (unpaired) electrons. The molecule has 122 valence electrons. The highest BCUT2D eigenvalue weighted by atomic mass is 32.2. The minimum atomic E-state index is -3.39. The van der Waals surface area contributed by atoms with Crippen molar-refractivity contribution in [2.24, 2.45) is 11.8 Å². The second-order valence-corrected chi connectivity index (χ2v) is 9.03. The molecule has 0 amide bonds. The molecule has 1 aliphatic carbocycles. The lowest BCUT2D eigenvalue weighted by Crippen LogP contribution is -2.49. The van der Waals surface area contributed by atoms with Gasteiger partial charge in [0.2, 0.25) is 0 Å². The minimum absolute atomic E-state index is 0.0197. The number of fused-ring (bicyclic) bond motifs is 1. The predicted octanol–water partition coefficient (Wildman–Crippen LogP) is 2.83. The van der Waals surface area contributed by atoms with Crippen LogP contribution in [0.15, 0.2) is 24.3 Å². The molecule has 0 aromatic heterocycles. The lowest BCUT2D eigenvalue weighted by atomic mass is 9.94. The lowest BCUT2D eigenvalue weighted by molar-refractivity contribution is 0.206. The van der Waals surface area contributed by atoms with E-state index in [9.17, 15) is 8.42 Å². The standard InChI is InChI=1S/C17H26N2O2S/c1-13-10-14(2)12-19(11-13)22(20,21)18(3)17-9-8-15-6-4-5-7-16(15)17/h4-7,13-14,17H,8-12H2,1-3H3. The van der Waals surface area contributed by atoms with Crippen molar-refractivity contribution in [1.82, 2.24) is 8.61 Å². The summed E-state index contributed by atoms with van der Waals surface area (Å²) < 4.78 is 29.3. The van der Waals surface area contributed by atoms with Crippen molar-refractivity contribution in [1.29, 1.82) is 0 Å². The van der Waals surface area contributed by atoms with Gasteiger partial charge in [0.15, 0.2) is 0 Å². The van der Waals surface area contributed by atoms with Gasteiger partial charge in [0.1, 0.15) is 0 Å². The first-order valence-corrected chi connectivity index (χ1v) is 9.60. The number of rotatable bonds is 3. The summed E-state index contributed by atoms with van der Waals surface area (Å²) in [6, 6.07) is 8.20. The molecule has 3 rings (SSSR count). The summed E-state index contributed by atoms with van der Waals surface area (Å²) in [7, 11) is -1.65. The molecule has 1 heterocycles. The van der Waals surface area contributed by atoms with E-state index < -0.39 is 10.2 Å². The van der Waals surface area contributed by atoms with Gasteiger partial charge in [0, 0.05) is 20.1 Å². The Hall–Kier alpha value is -0.910. The molecule has 2 aliphatic rings. The normalized spacial score (nSPS) is 29.7. The van der Waals surface area contributed by atoms with Crippen LogP contribution < -0.4 is 0 Å². The van der Waals surface area contributed by atoms with Crippen LogP contribution in [0.1, 0.15) is 43.9 Å². The Morgan fingerprint density at radius 2 is 1.77 bits per heavy atom. The van der Waals surface area contributed by atoms with Crippen LogP contribution in [0.3, 0.4) is 0 Å². The van der Waals surface area contributed by atoms with E-state index in [2.05, 4.69) is 26.0 Å². The van der Waals surface area contributed by atoms with Crippen molar-refractivity contribution >= 4 is 10.2 Å². The van der Waals surface area contributed by atoms with Gasteiger partial charge in [-0.1, -0.05) is 38.1 Å². The first kappa shape index (κ1) is 16.0. The molecule has 3 atom stereocenters. The van der Waals surface area contributed by atoms with Crippen LogP contribution in [-0.4, -0.2) is 37.2 Å². The highest BCUT2D eigenvalue weighted by Crippen LogP contribution is 2.37. The molecule has 1 saturated heterocycles. The second-order valence-electron chi connectivity index (χ2n) is 7.04. The van der Waals surface area contributed by atoms with Gasteiger partial charge in [0.05, 0.1) is 6.04 Å². The minimum Gasteiger partial charge on any atom is -0.195 e. The molecule has 1 fully saturated rings. The molecule has 0 spiro atoms. The number of hydrogen-bond acceptors (Lipinski definition) is 2. The first-order valence-electron chi connectivity index (χ1n) is 8.20. The van der Waals surface area contributed by atoms with E-state index in [1.54, 1.807) is 15.7 Å². The van der Waals surface area contributed by atoms with Crippen LogP contribution >= 0.6 is 0 Å². The Kier molecular flexibility index (Phi) is 4.32. The Morgan fingerprint density at radius 1 is 1.14 bits per heavy atom. The third-order valence-electron chi connectivity index (χ3n) is 5.07. The molecular weight excluding hydrogens is 296 g/mol. The van der Waals surface area contributed by atoms with E-state index in [0.717, 1.165) is 19.3 Å². The molecule has 1 aromatic carbocycles. The fraction of sp³-hybridized carbons (Fsp3) is 0.647. The molecule has 3 unspecified atom stereocenters. The van der Waals surface area contributed by atoms with Gasteiger partial charge in [-0.15, -0.1) is 0 Å². The maximum atomic E-state index is 13.0. The van der Waals surface area contributed by atoms with E-state index >= 15 is 0 Å². The van der Waals surface area contributed by atoms with Gasteiger partial charge >= 0.3 is 0 Å². The van der Waals surface area contributed by atoms with Gasteiger partial charge in [-0.25, -0.2) is 0 Å². The van der Waals surface area contributed by atoms with Crippen LogP contribution in [0.2, 0.25) is 0 Å². The average molecular weight is 322 g/mol. The first-order chi connectivity index (χ1) is 10.4. The molecule has 0 bridgehead atoms. The maximum Gasteiger partial charge on any atom is 0.282 e. The number of benzene rings is 1. The van der Waals surface area contributed by atoms with Crippen molar-refractivity contribution in [2.75, 3.05) is 20.1 Å². The van der Waals surface area contributed by atoms with E-state index in [0.29, 0.717) is 24.9 Å². The smallest absolute Gasteiger partial charge is 0.195 e. The molecule has 22 heavy (non-hydrogen) atoms. The summed E-state index contributed by atoms with van der Waals surface area (Å²) in [6.07, 6.45) is 2.96. The van der Waals surface area contributed by atoms with E-state index in [1.165, 1.54) is 11.1 Å². The van der Waals surface area contributed by atoms with Gasteiger partial charge < -0.3 is 0 Å². The zero-order chi connectivity index (χ0) is 15.9. The summed E-state index contributed by atoms with van der Waals surface area (Å²) in [5.74, 6) is 0.866. The van der Waals surface area contributed by atoms with E-state index in [1.807, 2.05) is 12.1 Å².